The first-order chi connectivity index (χ1) is 16.9. The van der Waals surface area contributed by atoms with Crippen LogP contribution in [0.4, 0.5) is 4.39 Å². The fraction of sp³-hybridized carbons (Fsp3) is 0.571. The first-order valence-corrected chi connectivity index (χ1v) is 13.1. The summed E-state index contributed by atoms with van der Waals surface area (Å²) < 4.78 is 19.7. The van der Waals surface area contributed by atoms with E-state index in [1.165, 1.54) is 19.1 Å². The number of fused-ring (bicyclic) bond motifs is 1. The van der Waals surface area contributed by atoms with Gasteiger partial charge in [0.25, 0.3) is 0 Å². The Morgan fingerprint density at radius 1 is 1.31 bits per heavy atom. The van der Waals surface area contributed by atoms with Crippen LogP contribution in [0.1, 0.15) is 76.2 Å². The van der Waals surface area contributed by atoms with Crippen molar-refractivity contribution in [2.24, 2.45) is 5.41 Å². The van der Waals surface area contributed by atoms with Gasteiger partial charge in [0.2, 0.25) is 5.91 Å². The van der Waals surface area contributed by atoms with E-state index >= 15 is 0 Å². The Labute approximate surface area is 218 Å². The number of carbonyl (C=O) groups excluding carboxylic acids is 1. The number of benzene rings is 1. The number of hydrogen-bond donors (Lipinski definition) is 3. The molecule has 1 aliphatic carbocycles. The van der Waals surface area contributed by atoms with Crippen LogP contribution in [0.25, 0.3) is 0 Å². The number of halogens is 2. The minimum atomic E-state index is -0.853. The van der Waals surface area contributed by atoms with Crippen molar-refractivity contribution in [1.29, 1.82) is 0 Å². The molecular weight excluding hydrogens is 481 g/mol. The zero-order valence-corrected chi connectivity index (χ0v) is 22.3. The van der Waals surface area contributed by atoms with Crippen LogP contribution in [0, 0.1) is 11.2 Å². The Kier molecular flexibility index (Phi) is 7.93. The lowest BCUT2D eigenvalue weighted by molar-refractivity contribution is -0.120. The number of aliphatic hydroxyl groups is 1. The van der Waals surface area contributed by atoms with Crippen molar-refractivity contribution < 1.29 is 19.0 Å². The zero-order valence-electron chi connectivity index (χ0n) is 21.5. The lowest BCUT2D eigenvalue weighted by Crippen LogP contribution is -2.52. The molecule has 0 unspecified atom stereocenters. The number of nitrogens with zero attached hydrogens (tertiary/aromatic N) is 1. The molecule has 1 spiro atoms. The van der Waals surface area contributed by atoms with Crippen LogP contribution in [0.5, 0.6) is 5.75 Å². The van der Waals surface area contributed by atoms with Gasteiger partial charge in [-0.25, -0.2) is 9.37 Å². The molecule has 4 rings (SSSR count). The van der Waals surface area contributed by atoms with Crippen molar-refractivity contribution in [1.82, 2.24) is 15.6 Å². The van der Waals surface area contributed by atoms with E-state index in [0.717, 1.165) is 48.9 Å². The summed E-state index contributed by atoms with van der Waals surface area (Å²) >= 11 is 6.63. The number of carbonyl (C=O) groups is 1. The van der Waals surface area contributed by atoms with E-state index in [1.807, 2.05) is 0 Å². The van der Waals surface area contributed by atoms with E-state index < -0.39 is 12.1 Å². The molecule has 1 aromatic heterocycles. The molecule has 2 aromatic rings. The normalized spacial score (nSPS) is 20.1. The summed E-state index contributed by atoms with van der Waals surface area (Å²) in [6, 6.07) is 7.60. The van der Waals surface area contributed by atoms with Crippen LogP contribution in [0.2, 0.25) is 5.15 Å². The molecule has 1 saturated carbocycles. The second-order valence-corrected chi connectivity index (χ2v) is 11.9. The van der Waals surface area contributed by atoms with E-state index in [1.54, 1.807) is 12.1 Å². The van der Waals surface area contributed by atoms with E-state index in [2.05, 4.69) is 42.5 Å². The van der Waals surface area contributed by atoms with Gasteiger partial charge < -0.3 is 20.5 Å². The van der Waals surface area contributed by atoms with Crippen LogP contribution in [-0.4, -0.2) is 40.3 Å². The van der Waals surface area contributed by atoms with Crippen LogP contribution in [0.3, 0.4) is 0 Å². The van der Waals surface area contributed by atoms with Crippen molar-refractivity contribution in [2.45, 2.75) is 90.0 Å². The van der Waals surface area contributed by atoms with Crippen LogP contribution in [0.15, 0.2) is 30.3 Å². The Balaban J connectivity index is 1.53. The lowest BCUT2D eigenvalue weighted by atomic mass is 9.73. The summed E-state index contributed by atoms with van der Waals surface area (Å²) in [6.45, 7) is 8.19. The number of amides is 1. The molecule has 3 atom stereocenters. The summed E-state index contributed by atoms with van der Waals surface area (Å²) in [6.07, 6.45) is 4.14. The van der Waals surface area contributed by atoms with Gasteiger partial charge in [-0.1, -0.05) is 44.5 Å². The molecule has 6 nitrogen and oxygen atoms in total. The van der Waals surface area contributed by atoms with Gasteiger partial charge in [0.15, 0.2) is 10.9 Å². The molecule has 0 bridgehead atoms. The second kappa shape index (κ2) is 10.6. The highest BCUT2D eigenvalue weighted by molar-refractivity contribution is 6.31. The smallest absolute Gasteiger partial charge is 0.217 e. The standard InChI is InChI=1S/C28H37ClFN3O3/c1-17(34)32-22(12-18-6-8-19(30)9-7-18)24(35)16-31-23-15-28(10-5-11-28)36-25-21(23)13-20(33-26(25)29)14-27(2,3)4/h6-9,13,22-24,31,35H,5,10-12,14-16H2,1-4H3,(H,32,34)/t22-,23-,24-/m0/s1. The molecule has 8 heteroatoms. The highest BCUT2D eigenvalue weighted by Gasteiger charge is 2.46. The number of ether oxygens (including phenoxy) is 1. The van der Waals surface area contributed by atoms with E-state index in [4.69, 9.17) is 16.3 Å². The van der Waals surface area contributed by atoms with Gasteiger partial charge in [0.1, 0.15) is 11.4 Å². The van der Waals surface area contributed by atoms with Gasteiger partial charge in [0.05, 0.1) is 12.1 Å². The van der Waals surface area contributed by atoms with Crippen molar-refractivity contribution in [3.8, 4) is 5.75 Å². The Hall–Kier alpha value is -2.22. The summed E-state index contributed by atoms with van der Waals surface area (Å²) in [4.78, 5) is 16.5. The fourth-order valence-electron chi connectivity index (χ4n) is 5.19. The first kappa shape index (κ1) is 26.8. The van der Waals surface area contributed by atoms with Crippen molar-refractivity contribution in [2.75, 3.05) is 6.54 Å². The summed E-state index contributed by atoms with van der Waals surface area (Å²) in [5.41, 5.74) is 2.52. The maximum Gasteiger partial charge on any atom is 0.217 e. The Bertz CT molecular complexity index is 1080. The monoisotopic (exact) mass is 517 g/mol. The largest absolute Gasteiger partial charge is 0.484 e. The van der Waals surface area contributed by atoms with Crippen molar-refractivity contribution >= 4 is 17.5 Å². The molecular formula is C28H37ClFN3O3. The average molecular weight is 518 g/mol. The minimum Gasteiger partial charge on any atom is -0.484 e. The number of rotatable bonds is 8. The Morgan fingerprint density at radius 2 is 2.00 bits per heavy atom. The lowest BCUT2D eigenvalue weighted by Gasteiger charge is -2.48. The molecule has 2 aliphatic rings. The number of aliphatic hydroxyl groups excluding tert-OH is 1. The topological polar surface area (TPSA) is 83.5 Å². The molecule has 3 N–H and O–H groups in total. The van der Waals surface area contributed by atoms with Crippen molar-refractivity contribution in [3.05, 3.63) is 58.1 Å². The van der Waals surface area contributed by atoms with Gasteiger partial charge in [0, 0.05) is 37.2 Å². The number of aromatic nitrogens is 1. The van der Waals surface area contributed by atoms with Gasteiger partial charge in [-0.2, -0.15) is 0 Å². The summed E-state index contributed by atoms with van der Waals surface area (Å²) in [5.74, 6) is 0.0896. The molecule has 1 fully saturated rings. The maximum absolute atomic E-state index is 13.3. The second-order valence-electron chi connectivity index (χ2n) is 11.6. The molecule has 0 saturated heterocycles. The quantitative estimate of drug-likeness (QED) is 0.433. The molecule has 196 valence electrons. The highest BCUT2D eigenvalue weighted by Crippen LogP contribution is 2.51. The zero-order chi connectivity index (χ0) is 26.1. The number of hydrogen-bond acceptors (Lipinski definition) is 5. The third-order valence-electron chi connectivity index (χ3n) is 7.06. The van der Waals surface area contributed by atoms with Crippen LogP contribution >= 0.6 is 11.6 Å². The third kappa shape index (κ3) is 6.55. The average Bonchev–Trinajstić information content (AvgIpc) is 2.76. The molecule has 1 aromatic carbocycles. The molecule has 36 heavy (non-hydrogen) atoms. The predicted molar refractivity (Wildman–Crippen MR) is 139 cm³/mol. The van der Waals surface area contributed by atoms with E-state index in [9.17, 15) is 14.3 Å². The fourth-order valence-corrected chi connectivity index (χ4v) is 5.45. The van der Waals surface area contributed by atoms with Crippen LogP contribution < -0.4 is 15.4 Å². The summed E-state index contributed by atoms with van der Waals surface area (Å²) in [7, 11) is 0. The number of pyridine rings is 1. The van der Waals surface area contributed by atoms with Crippen molar-refractivity contribution in [3.63, 3.8) is 0 Å². The van der Waals surface area contributed by atoms with Gasteiger partial charge >= 0.3 is 0 Å². The van der Waals surface area contributed by atoms with Gasteiger partial charge in [-0.3, -0.25) is 4.79 Å². The molecule has 1 aliphatic heterocycles. The SMILES string of the molecule is CC(=O)N[C@@H](Cc1ccc(F)cc1)[C@@H](O)CN[C@H]1CC2(CCC2)Oc2c1cc(CC(C)(C)C)nc2Cl. The van der Waals surface area contributed by atoms with Gasteiger partial charge in [-0.15, -0.1) is 0 Å². The van der Waals surface area contributed by atoms with E-state index in [-0.39, 0.29) is 35.3 Å². The predicted octanol–water partition coefficient (Wildman–Crippen LogP) is 4.91. The first-order valence-electron chi connectivity index (χ1n) is 12.7. The minimum absolute atomic E-state index is 0.0559. The Morgan fingerprint density at radius 3 is 2.58 bits per heavy atom. The number of nitrogens with one attached hydrogen (secondary N) is 2. The molecule has 2 heterocycles. The summed E-state index contributed by atoms with van der Waals surface area (Å²) in [5, 5.41) is 17.9. The third-order valence-corrected chi connectivity index (χ3v) is 7.31. The maximum atomic E-state index is 13.3. The van der Waals surface area contributed by atoms with E-state index in [0.29, 0.717) is 17.3 Å². The van der Waals surface area contributed by atoms with Gasteiger partial charge in [-0.05, 0) is 61.3 Å². The van der Waals surface area contributed by atoms with Crippen LogP contribution in [-0.2, 0) is 17.6 Å². The highest BCUT2D eigenvalue weighted by atomic mass is 35.5. The molecule has 1 amide bonds. The molecule has 0 radical (unpaired) electrons.